The van der Waals surface area contributed by atoms with Gasteiger partial charge in [-0.1, -0.05) is 49.7 Å². The van der Waals surface area contributed by atoms with Crippen molar-refractivity contribution in [3.8, 4) is 0 Å². The molecule has 1 aromatic rings. The topological polar surface area (TPSA) is 87.2 Å². The molecular formula is C29H37ClN2O5S. The van der Waals surface area contributed by atoms with E-state index >= 15 is 0 Å². The molecule has 0 radical (unpaired) electrons. The fourth-order valence-corrected chi connectivity index (χ4v) is 9.19. The minimum absolute atomic E-state index is 0.00300. The Morgan fingerprint density at radius 1 is 1.34 bits per heavy atom. The number of hydrogen-bond donors (Lipinski definition) is 1. The van der Waals surface area contributed by atoms with E-state index in [1.807, 2.05) is 13.0 Å². The Morgan fingerprint density at radius 2 is 2.08 bits per heavy atom. The Morgan fingerprint density at radius 3 is 2.71 bits per heavy atom. The van der Waals surface area contributed by atoms with Crippen LogP contribution in [0.4, 0.5) is 5.69 Å². The maximum atomic E-state index is 14.6. The number of amides is 2. The van der Waals surface area contributed by atoms with Crippen LogP contribution in [0.15, 0.2) is 49.6 Å². The van der Waals surface area contributed by atoms with E-state index in [4.69, 9.17) is 16.3 Å². The number of likely N-dealkylation sites (tertiary alicyclic amines) is 1. The number of anilines is 1. The number of para-hydroxylation sites is 1. The Balaban J connectivity index is 1.78. The summed E-state index contributed by atoms with van der Waals surface area (Å²) in [5.74, 6) is -2.23. The number of benzene rings is 1. The van der Waals surface area contributed by atoms with Gasteiger partial charge in [0.1, 0.15) is 6.04 Å². The second-order valence-electron chi connectivity index (χ2n) is 10.3. The van der Waals surface area contributed by atoms with Gasteiger partial charge in [-0.05, 0) is 43.7 Å². The number of halogens is 1. The van der Waals surface area contributed by atoms with Crippen LogP contribution >= 0.6 is 23.4 Å². The first-order valence-electron chi connectivity index (χ1n) is 13.3. The van der Waals surface area contributed by atoms with Crippen molar-refractivity contribution in [2.24, 2.45) is 17.8 Å². The molecule has 1 spiro atoms. The van der Waals surface area contributed by atoms with Gasteiger partial charge in [0.05, 0.1) is 46.5 Å². The number of ether oxygens (including phenoxy) is 1. The molecule has 3 aliphatic rings. The standard InChI is InChI=1S/C29H37ClN2O5S/c1-5-8-11-15-37-28(36)23-22-16-18(4)29(38-22)24(23)26(34)32(19(7-3)17-33)25(29)27(35)31(14-6-2)21-13-10-9-12-20(21)30/h5-6,9-10,12-13,18-19,22-25,33H,1-2,7-8,11,14-17H2,3-4H3/t18?,19-,22-,23+,24-,25?,29?/m0/s1. The number of carbonyl (C=O) groups excluding carboxylic acids is 3. The molecule has 1 aromatic carbocycles. The van der Waals surface area contributed by atoms with Crippen LogP contribution in [0.3, 0.4) is 0 Å². The molecule has 3 saturated heterocycles. The van der Waals surface area contributed by atoms with Crippen molar-refractivity contribution in [2.45, 2.75) is 61.6 Å². The third kappa shape index (κ3) is 4.58. The number of aliphatic hydroxyl groups excluding tert-OH is 1. The minimum Gasteiger partial charge on any atom is -0.465 e. The number of nitrogens with zero attached hydrogens (tertiary/aromatic N) is 2. The lowest BCUT2D eigenvalue weighted by Gasteiger charge is -2.42. The number of esters is 1. The zero-order chi connectivity index (χ0) is 27.6. The van der Waals surface area contributed by atoms with Gasteiger partial charge in [-0.2, -0.15) is 0 Å². The number of carbonyl (C=O) groups is 3. The number of fused-ring (bicyclic) bond motifs is 1. The van der Waals surface area contributed by atoms with Gasteiger partial charge < -0.3 is 19.6 Å². The highest BCUT2D eigenvalue weighted by atomic mass is 35.5. The Kier molecular flexibility index (Phi) is 8.95. The van der Waals surface area contributed by atoms with E-state index in [0.717, 1.165) is 6.42 Å². The fraction of sp³-hybridized carbons (Fsp3) is 0.552. The van der Waals surface area contributed by atoms with Crippen molar-refractivity contribution in [3.05, 3.63) is 54.6 Å². The average molecular weight is 561 g/mol. The number of rotatable bonds is 12. The summed E-state index contributed by atoms with van der Waals surface area (Å²) in [5, 5.41) is 10.6. The number of thioether (sulfide) groups is 1. The summed E-state index contributed by atoms with van der Waals surface area (Å²) in [6.07, 6.45) is 6.00. The molecule has 7 nitrogen and oxygen atoms in total. The van der Waals surface area contributed by atoms with E-state index < -0.39 is 28.7 Å². The lowest BCUT2D eigenvalue weighted by atomic mass is 9.66. The molecule has 38 heavy (non-hydrogen) atoms. The van der Waals surface area contributed by atoms with Crippen LogP contribution in [-0.4, -0.2) is 69.6 Å². The van der Waals surface area contributed by atoms with Gasteiger partial charge in [0.15, 0.2) is 0 Å². The average Bonchev–Trinajstić information content (AvgIpc) is 3.50. The molecule has 0 saturated carbocycles. The summed E-state index contributed by atoms with van der Waals surface area (Å²) in [7, 11) is 0. The van der Waals surface area contributed by atoms with Crippen molar-refractivity contribution >= 4 is 46.8 Å². The second-order valence-corrected chi connectivity index (χ2v) is 12.3. The lowest BCUT2D eigenvalue weighted by molar-refractivity contribution is -0.155. The molecule has 3 fully saturated rings. The largest absolute Gasteiger partial charge is 0.465 e. The van der Waals surface area contributed by atoms with Gasteiger partial charge in [-0.3, -0.25) is 14.4 Å². The molecule has 206 valence electrons. The Hall–Kier alpha value is -2.29. The summed E-state index contributed by atoms with van der Waals surface area (Å²) in [4.78, 5) is 45.3. The first-order valence-corrected chi connectivity index (χ1v) is 14.6. The molecule has 1 N–H and O–H groups in total. The number of aliphatic hydroxyl groups is 1. The molecule has 7 atom stereocenters. The zero-order valence-corrected chi connectivity index (χ0v) is 23.6. The normalized spacial score (nSPS) is 30.2. The predicted molar refractivity (Wildman–Crippen MR) is 151 cm³/mol. The fourth-order valence-electron chi connectivity index (χ4n) is 6.57. The molecule has 0 aromatic heterocycles. The first kappa shape index (κ1) is 28.7. The number of unbranched alkanes of at least 4 members (excludes halogenated alkanes) is 1. The van der Waals surface area contributed by atoms with Gasteiger partial charge >= 0.3 is 5.97 Å². The molecule has 4 rings (SSSR count). The maximum absolute atomic E-state index is 14.6. The van der Waals surface area contributed by atoms with E-state index in [2.05, 4.69) is 20.1 Å². The molecule has 9 heteroatoms. The Bertz CT molecular complexity index is 1090. The van der Waals surface area contributed by atoms with Crippen molar-refractivity contribution in [1.29, 1.82) is 0 Å². The molecule has 3 unspecified atom stereocenters. The summed E-state index contributed by atoms with van der Waals surface area (Å²) in [6.45, 7) is 11.7. The van der Waals surface area contributed by atoms with E-state index in [1.54, 1.807) is 51.9 Å². The third-order valence-electron chi connectivity index (χ3n) is 8.28. The SMILES string of the molecule is C=CCCCOC(=O)[C@@H]1[C@@H]2CC(C)C3(S2)C(C(=O)N(CC=C)c2ccccc2Cl)N([C@@H](CC)CO)C(=O)[C@H]13. The van der Waals surface area contributed by atoms with Crippen LogP contribution in [0, 0.1) is 17.8 Å². The molecular weight excluding hydrogens is 524 g/mol. The van der Waals surface area contributed by atoms with E-state index in [9.17, 15) is 19.5 Å². The van der Waals surface area contributed by atoms with Crippen LogP contribution in [0.1, 0.15) is 39.5 Å². The lowest BCUT2D eigenvalue weighted by Crippen LogP contribution is -2.59. The van der Waals surface area contributed by atoms with Crippen LogP contribution in [-0.2, 0) is 19.1 Å². The monoisotopic (exact) mass is 560 g/mol. The minimum atomic E-state index is -0.864. The highest BCUT2D eigenvalue weighted by Gasteiger charge is 2.77. The smallest absolute Gasteiger partial charge is 0.310 e. The molecule has 3 aliphatic heterocycles. The molecule has 2 amide bonds. The molecule has 2 bridgehead atoms. The van der Waals surface area contributed by atoms with E-state index in [-0.39, 0.29) is 48.7 Å². The summed E-state index contributed by atoms with van der Waals surface area (Å²) >= 11 is 8.11. The zero-order valence-electron chi connectivity index (χ0n) is 22.1. The summed E-state index contributed by atoms with van der Waals surface area (Å²) < 4.78 is 4.83. The number of hydrogen-bond acceptors (Lipinski definition) is 6. The van der Waals surface area contributed by atoms with Crippen LogP contribution in [0.2, 0.25) is 5.02 Å². The van der Waals surface area contributed by atoms with Crippen LogP contribution < -0.4 is 4.90 Å². The van der Waals surface area contributed by atoms with Gasteiger partial charge in [0.25, 0.3) is 5.91 Å². The van der Waals surface area contributed by atoms with Gasteiger partial charge in [-0.25, -0.2) is 0 Å². The van der Waals surface area contributed by atoms with Crippen molar-refractivity contribution in [2.75, 3.05) is 24.7 Å². The van der Waals surface area contributed by atoms with Gasteiger partial charge in [0, 0.05) is 11.8 Å². The van der Waals surface area contributed by atoms with E-state index in [1.165, 1.54) is 0 Å². The third-order valence-corrected chi connectivity index (χ3v) is 10.7. The predicted octanol–water partition coefficient (Wildman–Crippen LogP) is 4.48. The first-order chi connectivity index (χ1) is 18.3. The Labute approximate surface area is 234 Å². The highest BCUT2D eigenvalue weighted by Crippen LogP contribution is 2.69. The van der Waals surface area contributed by atoms with Crippen LogP contribution in [0.25, 0.3) is 0 Å². The molecule has 0 aliphatic carbocycles. The van der Waals surface area contributed by atoms with Gasteiger partial charge in [0.2, 0.25) is 5.91 Å². The van der Waals surface area contributed by atoms with Crippen LogP contribution in [0.5, 0.6) is 0 Å². The summed E-state index contributed by atoms with van der Waals surface area (Å²) in [6, 6.07) is 5.68. The van der Waals surface area contributed by atoms with Crippen molar-refractivity contribution < 1.29 is 24.2 Å². The second kappa shape index (κ2) is 11.8. The highest BCUT2D eigenvalue weighted by molar-refractivity contribution is 8.02. The number of allylic oxidation sites excluding steroid dienone is 1. The quantitative estimate of drug-likeness (QED) is 0.230. The molecule has 3 heterocycles. The van der Waals surface area contributed by atoms with Gasteiger partial charge in [-0.15, -0.1) is 24.9 Å². The maximum Gasteiger partial charge on any atom is 0.310 e. The van der Waals surface area contributed by atoms with E-state index in [0.29, 0.717) is 30.0 Å². The van der Waals surface area contributed by atoms with Crippen molar-refractivity contribution in [3.63, 3.8) is 0 Å². The van der Waals surface area contributed by atoms with Crippen molar-refractivity contribution in [1.82, 2.24) is 4.90 Å². The summed E-state index contributed by atoms with van der Waals surface area (Å²) in [5.41, 5.74) is 0.534.